The minimum absolute atomic E-state index is 0.0208. The molecule has 0 aliphatic carbocycles. The summed E-state index contributed by atoms with van der Waals surface area (Å²) in [5.74, 6) is -1.84. The number of hydrogen-bond donors (Lipinski definition) is 18. The second kappa shape index (κ2) is 38.2. The molecule has 2 aromatic heterocycles. The van der Waals surface area contributed by atoms with Crippen molar-refractivity contribution in [1.29, 1.82) is 0 Å². The van der Waals surface area contributed by atoms with Gasteiger partial charge < -0.3 is 54.4 Å². The lowest BCUT2D eigenvalue weighted by atomic mass is 10.1. The van der Waals surface area contributed by atoms with Crippen LogP contribution in [0, 0.1) is 0 Å². The fourth-order valence-electron chi connectivity index (χ4n) is 13.1. The van der Waals surface area contributed by atoms with Crippen LogP contribution in [0.25, 0.3) is 43.1 Å². The minimum Gasteiger partial charge on any atom is -0.505 e. The molecule has 22 N–H and O–H groups in total. The zero-order valence-electron chi connectivity index (χ0n) is 68.1. The van der Waals surface area contributed by atoms with Gasteiger partial charge in [-0.05, 0) is 184 Å². The van der Waals surface area contributed by atoms with Gasteiger partial charge in [0.1, 0.15) is 42.3 Å². The first-order valence-corrected chi connectivity index (χ1v) is 46.9. The molecule has 0 aliphatic heterocycles. The molecule has 0 unspecified atom stereocenters. The van der Waals surface area contributed by atoms with E-state index in [1.165, 1.54) is 97.1 Å². The van der Waals surface area contributed by atoms with Crippen LogP contribution in [-0.4, -0.2) is 181 Å². The molecule has 0 fully saturated rings. The molecule has 13 aromatic rings. The quantitative estimate of drug-likeness (QED) is 0.00750. The van der Waals surface area contributed by atoms with Gasteiger partial charge in [0, 0.05) is 119 Å². The predicted molar refractivity (Wildman–Crippen MR) is 481 cm³/mol. The Kier molecular flexibility index (Phi) is 27.5. The van der Waals surface area contributed by atoms with Gasteiger partial charge in [-0.2, -0.15) is 90.6 Å². The van der Waals surface area contributed by atoms with Crippen molar-refractivity contribution >= 4 is 219 Å². The standard InChI is InChI=1S/C76H78N28O20S6/c1-5-101(103(7-3)81-31-29-77)75-89-71(87-73(91-75)85-47-17-27-63(127(113,114)115)61(37-47)97-93-57-23-25-59(55-39-49(125(107,108)109)19-21-51(55)57)95-99-67-65(129(119,120)121)33-41-9-11-43(79)35-53(41)69(67)105)83-45-13-15-46(16-14-45)84-72-88-74(92-76(90-72)102(6-2)104(8-4)82-32-30-78)86-48-18-28-64(128(116,117)118)62(38-48)98-94-58-24-26-60(56-40-50(126(110,111)112)20-22-52(56)58)96-100-68-66(130(122,123)124)34-42-10-12-44(80)36-54(42)70(68)106/h9-28,33-40,81-82,105-106H,5-8,29-32,77-80H2,1-4H3,(H,107,108,109)(H,110,111,112)(H,113,114,115)(H,116,117,118)(H,119,120,121)(H,122,123,124)(H2,83,85,87,89,91)(H2,84,86,88,90,92). The summed E-state index contributed by atoms with van der Waals surface area (Å²) >= 11 is 0. The normalized spacial score (nSPS) is 12.7. The van der Waals surface area contributed by atoms with E-state index in [-0.39, 0.29) is 150 Å². The molecule has 678 valence electrons. The van der Waals surface area contributed by atoms with Gasteiger partial charge in [-0.25, -0.2) is 10.9 Å². The summed E-state index contributed by atoms with van der Waals surface area (Å²) in [6, 6.07) is 34.9. The summed E-state index contributed by atoms with van der Waals surface area (Å²) in [5.41, 5.74) is 28.2. The molecule has 2 heterocycles. The Labute approximate surface area is 739 Å². The zero-order chi connectivity index (χ0) is 93.7. The number of phenolic OH excluding ortho intramolecular Hbond substituents is 2. The third-order valence-electron chi connectivity index (χ3n) is 19.0. The zero-order valence-corrected chi connectivity index (χ0v) is 73.0. The van der Waals surface area contributed by atoms with E-state index in [4.69, 9.17) is 42.9 Å². The monoisotopic (exact) mass is 1890 g/mol. The SMILES string of the molecule is CCN(NCCN)N(CC)c1nc(Nc2ccc(Nc3nc(Nc4ccc(S(=O)(=O)O)c(N=Nc5ccc(N=Nc6c(S(=O)(=O)O)cc7ccc(N)cc7c6O)c6cc(S(=O)(=O)O)ccc56)c4)nc(N(CC)N(CC)NCCN)n3)cc2)nc(Nc2ccc(S(=O)(=O)O)c(N=Nc3ccc(N=Nc4c(S(=O)(=O)O)cc5ccc(N)cc5c4O)c4cc(S(=O)(=O)O)ccc34)c2)n1. The summed E-state index contributed by atoms with van der Waals surface area (Å²) in [7, 11) is -30.2. The minimum atomic E-state index is -5.10. The Morgan fingerprint density at radius 3 is 0.946 bits per heavy atom. The van der Waals surface area contributed by atoms with Crippen LogP contribution in [0.3, 0.4) is 0 Å². The summed E-state index contributed by atoms with van der Waals surface area (Å²) in [6.07, 6.45) is 0. The second-order valence-electron chi connectivity index (χ2n) is 27.6. The summed E-state index contributed by atoms with van der Waals surface area (Å²) in [6.45, 7) is 9.70. The number of anilines is 12. The highest BCUT2D eigenvalue weighted by molar-refractivity contribution is 7.87. The van der Waals surface area contributed by atoms with Crippen LogP contribution >= 0.6 is 0 Å². The predicted octanol–water partition coefficient (Wildman–Crippen LogP) is 12.4. The third kappa shape index (κ3) is 21.6. The van der Waals surface area contributed by atoms with Gasteiger partial charge in [0.05, 0.1) is 32.5 Å². The smallest absolute Gasteiger partial charge is 0.296 e. The molecule has 0 amide bonds. The number of phenols is 2. The highest BCUT2D eigenvalue weighted by atomic mass is 32.2. The van der Waals surface area contributed by atoms with Crippen LogP contribution < -0.4 is 65.1 Å². The number of aromatic nitrogens is 6. The first-order chi connectivity index (χ1) is 61.5. The van der Waals surface area contributed by atoms with Crippen molar-refractivity contribution in [2.24, 2.45) is 52.4 Å². The first-order valence-electron chi connectivity index (χ1n) is 38.3. The number of hydrogen-bond acceptors (Lipinski definition) is 42. The second-order valence-corrected chi connectivity index (χ2v) is 36.0. The summed E-state index contributed by atoms with van der Waals surface area (Å²) in [5, 5.41) is 75.1. The van der Waals surface area contributed by atoms with Crippen molar-refractivity contribution in [1.82, 2.24) is 51.0 Å². The number of nitrogens with two attached hydrogens (primary N) is 4. The van der Waals surface area contributed by atoms with Crippen LogP contribution in [0.5, 0.6) is 11.5 Å². The molecular formula is C76H78N28O20S6. The molecule has 0 atom stereocenters. The Balaban J connectivity index is 0.808. The average molecular weight is 1900 g/mol. The molecule has 0 saturated carbocycles. The van der Waals surface area contributed by atoms with Crippen molar-refractivity contribution in [3.8, 4) is 11.5 Å². The number of benzene rings is 11. The summed E-state index contributed by atoms with van der Waals surface area (Å²) in [4.78, 5) is 23.8. The Morgan fingerprint density at radius 2 is 0.631 bits per heavy atom. The highest BCUT2D eigenvalue weighted by Gasteiger charge is 2.29. The van der Waals surface area contributed by atoms with E-state index in [0.717, 1.165) is 48.5 Å². The van der Waals surface area contributed by atoms with Crippen molar-refractivity contribution in [3.05, 3.63) is 170 Å². The van der Waals surface area contributed by atoms with Gasteiger partial charge in [-0.15, -0.1) is 40.9 Å². The van der Waals surface area contributed by atoms with Crippen molar-refractivity contribution in [3.63, 3.8) is 0 Å². The lowest BCUT2D eigenvalue weighted by molar-refractivity contribution is 0.178. The van der Waals surface area contributed by atoms with E-state index < -0.39 is 124 Å². The van der Waals surface area contributed by atoms with Gasteiger partial charge in [-0.3, -0.25) is 37.3 Å². The number of azo groups is 4. The fraction of sp³-hybridized carbons (Fsp3) is 0.158. The average Bonchev–Trinajstić information content (AvgIpc) is 0.759. The molecule has 0 saturated heterocycles. The van der Waals surface area contributed by atoms with Gasteiger partial charge in [-0.1, -0.05) is 24.3 Å². The number of fused-ring (bicyclic) bond motifs is 4. The van der Waals surface area contributed by atoms with Crippen LogP contribution in [0.1, 0.15) is 27.7 Å². The molecule has 48 nitrogen and oxygen atoms in total. The maximum Gasteiger partial charge on any atom is 0.296 e. The molecule has 0 aliphatic rings. The molecular weight excluding hydrogens is 1820 g/mol. The molecule has 13 rings (SSSR count). The van der Waals surface area contributed by atoms with Crippen molar-refractivity contribution in [2.45, 2.75) is 57.1 Å². The van der Waals surface area contributed by atoms with Crippen LogP contribution in [-0.2, 0) is 60.7 Å². The van der Waals surface area contributed by atoms with E-state index in [0.29, 0.717) is 37.6 Å². The maximum absolute atomic E-state index is 13.1. The van der Waals surface area contributed by atoms with E-state index >= 15 is 0 Å². The third-order valence-corrected chi connectivity index (χ3v) is 24.2. The lowest BCUT2D eigenvalue weighted by Gasteiger charge is -2.33. The number of nitrogens with one attached hydrogen (secondary N) is 6. The van der Waals surface area contributed by atoms with Gasteiger partial charge >= 0.3 is 0 Å². The van der Waals surface area contributed by atoms with E-state index in [1.807, 2.05) is 27.7 Å². The van der Waals surface area contributed by atoms with Gasteiger partial charge in [0.25, 0.3) is 60.7 Å². The first kappa shape index (κ1) is 93.7. The highest BCUT2D eigenvalue weighted by Crippen LogP contribution is 2.47. The van der Waals surface area contributed by atoms with Crippen molar-refractivity contribution in [2.75, 3.05) is 95.1 Å². The lowest BCUT2D eigenvalue weighted by Crippen LogP contribution is -2.53. The molecule has 0 spiro atoms. The summed E-state index contributed by atoms with van der Waals surface area (Å²) < 4.78 is 215. The maximum atomic E-state index is 13.1. The van der Waals surface area contributed by atoms with Crippen molar-refractivity contribution < 1.29 is 88.0 Å². The molecule has 0 bridgehead atoms. The van der Waals surface area contributed by atoms with Gasteiger partial charge in [0.2, 0.25) is 35.7 Å². The fourth-order valence-corrected chi connectivity index (χ4v) is 16.6. The Morgan fingerprint density at radius 1 is 0.315 bits per heavy atom. The number of nitrogen functional groups attached to an aromatic ring is 2. The number of hydrazine groups is 4. The number of nitrogens with zero attached hydrogens (tertiary/aromatic N) is 18. The van der Waals surface area contributed by atoms with E-state index in [9.17, 15) is 88.0 Å². The molecule has 130 heavy (non-hydrogen) atoms. The topological polar surface area (TPSA) is 732 Å². The Bertz CT molecular complexity index is 7090. The van der Waals surface area contributed by atoms with E-state index in [2.05, 4.69) is 83.0 Å². The molecule has 11 aromatic carbocycles. The number of aromatic hydroxyl groups is 2. The van der Waals surface area contributed by atoms with Crippen LogP contribution in [0.2, 0.25) is 0 Å². The molecule has 0 radical (unpaired) electrons. The van der Waals surface area contributed by atoms with Crippen LogP contribution in [0.15, 0.2) is 240 Å². The van der Waals surface area contributed by atoms with Gasteiger partial charge in [0.15, 0.2) is 11.5 Å². The Hall–Kier alpha value is -13.9. The molecule has 54 heteroatoms. The number of rotatable bonds is 36. The van der Waals surface area contributed by atoms with E-state index in [1.54, 1.807) is 44.5 Å². The largest absolute Gasteiger partial charge is 0.505 e. The van der Waals surface area contributed by atoms with Crippen LogP contribution in [0.4, 0.5) is 115 Å².